The molecule has 0 saturated carbocycles. The van der Waals surface area contributed by atoms with Crippen molar-refractivity contribution in [3.8, 4) is 11.1 Å². The number of nitrogens with zero attached hydrogens (tertiary/aromatic N) is 5. The Balaban J connectivity index is 1.42. The lowest BCUT2D eigenvalue weighted by Crippen LogP contribution is -2.39. The number of halogens is 1. The summed E-state index contributed by atoms with van der Waals surface area (Å²) in [6, 6.07) is 7.23. The summed E-state index contributed by atoms with van der Waals surface area (Å²) in [6.45, 7) is 11.9. The Hall–Kier alpha value is -4.47. The van der Waals surface area contributed by atoms with E-state index in [1.807, 2.05) is 51.4 Å². The topological polar surface area (TPSA) is 96.4 Å². The highest BCUT2D eigenvalue weighted by Gasteiger charge is 2.31. The molecule has 9 nitrogen and oxygen atoms in total. The Labute approximate surface area is 250 Å². The van der Waals surface area contributed by atoms with Crippen LogP contribution in [-0.4, -0.2) is 60.2 Å². The van der Waals surface area contributed by atoms with Crippen LogP contribution in [0.5, 0.6) is 0 Å². The number of fused-ring (bicyclic) bond motifs is 2. The van der Waals surface area contributed by atoms with Crippen LogP contribution in [-0.2, 0) is 30.8 Å². The maximum absolute atomic E-state index is 16.4. The molecule has 0 fully saturated rings. The van der Waals surface area contributed by atoms with E-state index in [2.05, 4.69) is 21.1 Å². The van der Waals surface area contributed by atoms with Crippen LogP contribution >= 0.6 is 0 Å². The fraction of sp³-hybridized carbons (Fsp3) is 0.394. The number of carbonyl (C=O) groups is 2. The van der Waals surface area contributed by atoms with E-state index < -0.39 is 11.4 Å². The lowest BCUT2D eigenvalue weighted by Gasteiger charge is -2.30. The van der Waals surface area contributed by atoms with Gasteiger partial charge in [-0.25, -0.2) is 9.18 Å². The molecule has 10 heteroatoms. The number of hydrogen-bond acceptors (Lipinski definition) is 5. The van der Waals surface area contributed by atoms with Crippen molar-refractivity contribution in [1.82, 2.24) is 29.5 Å². The number of rotatable bonds is 5. The first kappa shape index (κ1) is 28.6. The third-order valence-electron chi connectivity index (χ3n) is 8.07. The molecule has 2 aliphatic heterocycles. The molecule has 4 aromatic rings. The number of aromatic amines is 1. The molecule has 0 atom stereocenters. The van der Waals surface area contributed by atoms with Crippen LogP contribution in [0.25, 0.3) is 27.6 Å². The first-order chi connectivity index (χ1) is 20.6. The van der Waals surface area contributed by atoms with Gasteiger partial charge in [0, 0.05) is 59.3 Å². The molecule has 0 bridgehead atoms. The molecule has 1 aromatic carbocycles. The minimum Gasteiger partial charge on any atom is -0.444 e. The third kappa shape index (κ3) is 5.30. The zero-order valence-electron chi connectivity index (χ0n) is 25.3. The highest BCUT2D eigenvalue weighted by molar-refractivity contribution is 6.05. The monoisotopic (exact) mass is 584 g/mol. The van der Waals surface area contributed by atoms with Gasteiger partial charge in [-0.05, 0) is 64.3 Å². The molecule has 0 saturated heterocycles. The van der Waals surface area contributed by atoms with E-state index in [0.29, 0.717) is 67.7 Å². The van der Waals surface area contributed by atoms with Gasteiger partial charge in [0.05, 0.1) is 36.1 Å². The van der Waals surface area contributed by atoms with Crippen LogP contribution < -0.4 is 0 Å². The van der Waals surface area contributed by atoms with E-state index in [9.17, 15) is 9.59 Å². The maximum Gasteiger partial charge on any atom is 0.410 e. The lowest BCUT2D eigenvalue weighted by molar-refractivity contribution is 0.0273. The smallest absolute Gasteiger partial charge is 0.410 e. The Morgan fingerprint density at radius 3 is 2.65 bits per heavy atom. The maximum atomic E-state index is 16.4. The number of aryl methyl sites for hydroxylation is 2. The van der Waals surface area contributed by atoms with Gasteiger partial charge in [0.25, 0.3) is 5.91 Å². The Kier molecular flexibility index (Phi) is 7.31. The molecule has 224 valence electrons. The number of aromatic nitrogens is 4. The average molecular weight is 585 g/mol. The van der Waals surface area contributed by atoms with Gasteiger partial charge in [0.1, 0.15) is 11.4 Å². The summed E-state index contributed by atoms with van der Waals surface area (Å²) in [6.07, 6.45) is 6.54. The molecule has 1 N–H and O–H groups in total. The number of ether oxygens (including phenoxy) is 1. The highest BCUT2D eigenvalue weighted by Crippen LogP contribution is 2.37. The second-order valence-corrected chi connectivity index (χ2v) is 12.1. The van der Waals surface area contributed by atoms with Crippen LogP contribution in [0.3, 0.4) is 0 Å². The Morgan fingerprint density at radius 2 is 1.91 bits per heavy atom. The zero-order chi connectivity index (χ0) is 30.5. The van der Waals surface area contributed by atoms with Gasteiger partial charge in [0.2, 0.25) is 0 Å². The van der Waals surface area contributed by atoms with E-state index >= 15 is 4.39 Å². The quantitative estimate of drug-likeness (QED) is 0.296. The molecular weight excluding hydrogens is 547 g/mol. The fourth-order valence-electron chi connectivity index (χ4n) is 5.99. The number of carbonyl (C=O) groups excluding carboxylic acids is 2. The van der Waals surface area contributed by atoms with Crippen LogP contribution in [0.15, 0.2) is 42.7 Å². The van der Waals surface area contributed by atoms with E-state index in [1.165, 1.54) is 0 Å². The molecule has 6 rings (SSSR count). The van der Waals surface area contributed by atoms with Crippen molar-refractivity contribution in [2.45, 2.75) is 72.7 Å². The minimum atomic E-state index is -0.603. The molecule has 0 aliphatic carbocycles. The molecular formula is C33H37FN6O3. The fourth-order valence-corrected chi connectivity index (χ4v) is 5.99. The van der Waals surface area contributed by atoms with Crippen LogP contribution in [0.2, 0.25) is 0 Å². The molecule has 0 spiro atoms. The molecule has 43 heavy (non-hydrogen) atoms. The zero-order valence-corrected chi connectivity index (χ0v) is 25.3. The molecule has 0 unspecified atom stereocenters. The number of pyridine rings is 1. The molecule has 2 amide bonds. The van der Waals surface area contributed by atoms with Crippen molar-refractivity contribution in [2.24, 2.45) is 0 Å². The van der Waals surface area contributed by atoms with Gasteiger partial charge >= 0.3 is 6.09 Å². The van der Waals surface area contributed by atoms with Crippen molar-refractivity contribution < 1.29 is 18.7 Å². The van der Waals surface area contributed by atoms with Gasteiger partial charge in [0.15, 0.2) is 0 Å². The van der Waals surface area contributed by atoms with Crippen molar-refractivity contribution in [2.75, 3.05) is 13.1 Å². The van der Waals surface area contributed by atoms with Gasteiger partial charge in [-0.15, -0.1) is 0 Å². The number of nitrogens with one attached hydrogen (secondary N) is 1. The normalized spacial score (nSPS) is 15.2. The van der Waals surface area contributed by atoms with Crippen LogP contribution in [0.1, 0.15) is 74.0 Å². The summed E-state index contributed by atoms with van der Waals surface area (Å²) in [5.74, 6) is -0.932. The van der Waals surface area contributed by atoms with Gasteiger partial charge in [-0.1, -0.05) is 19.1 Å². The van der Waals surface area contributed by atoms with E-state index in [0.717, 1.165) is 28.1 Å². The van der Waals surface area contributed by atoms with Crippen molar-refractivity contribution in [3.63, 3.8) is 0 Å². The number of H-pyrrole nitrogens is 1. The number of benzene rings is 1. The minimum absolute atomic E-state index is 0.0214. The van der Waals surface area contributed by atoms with Gasteiger partial charge < -0.3 is 19.5 Å². The summed E-state index contributed by atoms with van der Waals surface area (Å²) in [4.78, 5) is 38.1. The first-order valence-corrected chi connectivity index (χ1v) is 14.9. The summed E-state index contributed by atoms with van der Waals surface area (Å²) in [5.41, 5.74) is 5.97. The largest absolute Gasteiger partial charge is 0.444 e. The van der Waals surface area contributed by atoms with Crippen LogP contribution in [0.4, 0.5) is 9.18 Å². The van der Waals surface area contributed by atoms with E-state index in [1.54, 1.807) is 34.3 Å². The predicted octanol–water partition coefficient (Wildman–Crippen LogP) is 6.33. The van der Waals surface area contributed by atoms with E-state index in [-0.39, 0.29) is 17.6 Å². The van der Waals surface area contributed by atoms with Crippen LogP contribution in [0, 0.1) is 5.82 Å². The first-order valence-electron chi connectivity index (χ1n) is 14.9. The molecule has 3 aromatic heterocycles. The second-order valence-electron chi connectivity index (χ2n) is 12.1. The average Bonchev–Trinajstić information content (AvgIpc) is 3.71. The van der Waals surface area contributed by atoms with Crippen molar-refractivity contribution in [3.05, 3.63) is 76.8 Å². The summed E-state index contributed by atoms with van der Waals surface area (Å²) in [7, 11) is 0. The van der Waals surface area contributed by atoms with Gasteiger partial charge in [-0.3, -0.25) is 14.5 Å². The Morgan fingerprint density at radius 1 is 1.09 bits per heavy atom. The third-order valence-corrected chi connectivity index (χ3v) is 8.07. The number of amides is 2. The Bertz CT molecular complexity index is 1760. The second kappa shape index (κ2) is 11.0. The van der Waals surface area contributed by atoms with E-state index in [4.69, 9.17) is 4.74 Å². The standard InChI is InChI=1S/C33H37FN6O3/c1-6-26-22(11-8-12-35-26)23-14-25(31(41)39-18-21-16-36-40(7-2)28(21)19-39)29(34)24-15-27(37-30(23)24)20-10-9-13-38(17-20)32(42)43-33(3,4)5/h8,10-12,14-16,37H,6-7,9,13,17-19H2,1-5H3. The number of hydrogen-bond donors (Lipinski definition) is 1. The SMILES string of the molecule is CCc1ncccc1-c1cc(C(=O)N2Cc3cnn(CC)c3C2)c(F)c2cc(C3=CCCN(C(=O)OC(C)(C)C)C3)[nH]c12. The summed E-state index contributed by atoms with van der Waals surface area (Å²) < 4.78 is 23.9. The molecule has 0 radical (unpaired) electrons. The van der Waals surface area contributed by atoms with Gasteiger partial charge in [-0.2, -0.15) is 5.10 Å². The van der Waals surface area contributed by atoms with Crippen molar-refractivity contribution >= 4 is 28.5 Å². The van der Waals surface area contributed by atoms with Crippen molar-refractivity contribution in [1.29, 1.82) is 0 Å². The summed E-state index contributed by atoms with van der Waals surface area (Å²) in [5, 5.41) is 4.72. The highest BCUT2D eigenvalue weighted by atomic mass is 19.1. The molecule has 5 heterocycles. The summed E-state index contributed by atoms with van der Waals surface area (Å²) >= 11 is 0. The predicted molar refractivity (Wildman–Crippen MR) is 163 cm³/mol. The molecule has 2 aliphatic rings. The lowest BCUT2D eigenvalue weighted by atomic mass is 9.96.